The van der Waals surface area contributed by atoms with E-state index in [9.17, 15) is 13.2 Å². The van der Waals surface area contributed by atoms with Crippen molar-refractivity contribution in [3.8, 4) is 0 Å². The highest BCUT2D eigenvalue weighted by Gasteiger charge is 2.31. The van der Waals surface area contributed by atoms with Crippen molar-refractivity contribution in [3.05, 3.63) is 63.1 Å². The summed E-state index contributed by atoms with van der Waals surface area (Å²) in [7, 11) is -3.57. The first-order chi connectivity index (χ1) is 14.8. The van der Waals surface area contributed by atoms with Gasteiger partial charge in [0.05, 0.1) is 4.90 Å². The lowest BCUT2D eigenvalue weighted by Crippen LogP contribution is -2.43. The van der Waals surface area contributed by atoms with Crippen LogP contribution in [0.25, 0.3) is 0 Å². The maximum absolute atomic E-state index is 12.7. The van der Waals surface area contributed by atoms with Crippen LogP contribution in [0.2, 0.25) is 15.1 Å². The SMILES string of the molecule is O=C(NCCSCc1c(Cl)cccc1Cl)C1CCN(S(=O)(=O)c2ccc(Cl)cc2)CC1. The number of rotatable bonds is 8. The third-order valence-electron chi connectivity index (χ3n) is 5.13. The molecule has 1 heterocycles. The number of nitrogens with one attached hydrogen (secondary N) is 1. The van der Waals surface area contributed by atoms with Crippen molar-refractivity contribution in [1.29, 1.82) is 0 Å². The summed E-state index contributed by atoms with van der Waals surface area (Å²) in [5.41, 5.74) is 0.899. The molecule has 0 bridgehead atoms. The standard InChI is InChI=1S/C21H23Cl3N2O3S2/c22-16-4-6-17(7-5-16)31(28,29)26-11-8-15(9-12-26)21(27)25-10-13-30-14-18-19(23)2-1-3-20(18)24/h1-7,15H,8-14H2,(H,25,27). The summed E-state index contributed by atoms with van der Waals surface area (Å²) in [5, 5.41) is 4.73. The lowest BCUT2D eigenvalue weighted by Gasteiger charge is -2.30. The Kier molecular flexibility index (Phi) is 8.96. The molecule has 5 nitrogen and oxygen atoms in total. The van der Waals surface area contributed by atoms with Gasteiger partial charge in [0.15, 0.2) is 0 Å². The summed E-state index contributed by atoms with van der Waals surface area (Å²) in [6, 6.07) is 11.6. The van der Waals surface area contributed by atoms with Gasteiger partial charge in [-0.25, -0.2) is 8.42 Å². The highest BCUT2D eigenvalue weighted by atomic mass is 35.5. The molecule has 2 aromatic rings. The molecule has 10 heteroatoms. The van der Waals surface area contributed by atoms with Gasteiger partial charge >= 0.3 is 0 Å². The fraction of sp³-hybridized carbons (Fsp3) is 0.381. The Morgan fingerprint density at radius 2 is 1.65 bits per heavy atom. The van der Waals surface area contributed by atoms with E-state index in [4.69, 9.17) is 34.8 Å². The first-order valence-corrected chi connectivity index (χ1v) is 13.6. The van der Waals surface area contributed by atoms with Gasteiger partial charge in [0.25, 0.3) is 0 Å². The third kappa shape index (κ3) is 6.53. The summed E-state index contributed by atoms with van der Waals surface area (Å²) in [5.74, 6) is 1.20. The van der Waals surface area contributed by atoms with Gasteiger partial charge < -0.3 is 5.32 Å². The Labute approximate surface area is 202 Å². The van der Waals surface area contributed by atoms with Gasteiger partial charge in [-0.15, -0.1) is 0 Å². The molecule has 1 amide bonds. The van der Waals surface area contributed by atoms with Crippen LogP contribution in [0, 0.1) is 5.92 Å². The third-order valence-corrected chi connectivity index (χ3v) is 8.99. The molecule has 0 unspecified atom stereocenters. The molecule has 2 aromatic carbocycles. The van der Waals surface area contributed by atoms with Crippen LogP contribution in [-0.2, 0) is 20.6 Å². The van der Waals surface area contributed by atoms with E-state index in [1.165, 1.54) is 16.4 Å². The number of carbonyl (C=O) groups is 1. The summed E-state index contributed by atoms with van der Waals surface area (Å²) >= 11 is 19.8. The molecule has 168 valence electrons. The molecule has 0 spiro atoms. The second-order valence-corrected chi connectivity index (χ2v) is 11.5. The minimum Gasteiger partial charge on any atom is -0.355 e. The highest BCUT2D eigenvalue weighted by Crippen LogP contribution is 2.28. The van der Waals surface area contributed by atoms with E-state index in [1.54, 1.807) is 23.9 Å². The zero-order chi connectivity index (χ0) is 22.4. The van der Waals surface area contributed by atoms with E-state index in [0.717, 1.165) is 11.3 Å². The Balaban J connectivity index is 1.40. The highest BCUT2D eigenvalue weighted by molar-refractivity contribution is 7.98. The predicted octanol–water partition coefficient (Wildman–Crippen LogP) is 5.10. The number of halogens is 3. The maximum atomic E-state index is 12.7. The van der Waals surface area contributed by atoms with Gasteiger partial charge in [0, 0.05) is 52.1 Å². The molecule has 1 fully saturated rings. The van der Waals surface area contributed by atoms with Crippen LogP contribution in [0.15, 0.2) is 47.4 Å². The van der Waals surface area contributed by atoms with Crippen molar-refractivity contribution in [3.63, 3.8) is 0 Å². The van der Waals surface area contributed by atoms with Crippen LogP contribution in [0.1, 0.15) is 18.4 Å². The van der Waals surface area contributed by atoms with Crippen molar-refractivity contribution >= 4 is 62.5 Å². The molecule has 0 aliphatic carbocycles. The molecule has 31 heavy (non-hydrogen) atoms. The second-order valence-electron chi connectivity index (χ2n) is 7.18. The molecule has 3 rings (SSSR count). The average molecular weight is 522 g/mol. The lowest BCUT2D eigenvalue weighted by atomic mass is 9.97. The van der Waals surface area contributed by atoms with Gasteiger partial charge in [-0.1, -0.05) is 40.9 Å². The van der Waals surface area contributed by atoms with Crippen molar-refractivity contribution in [2.75, 3.05) is 25.4 Å². The smallest absolute Gasteiger partial charge is 0.243 e. The minimum absolute atomic E-state index is 0.0279. The number of nitrogens with zero attached hydrogens (tertiary/aromatic N) is 1. The van der Waals surface area contributed by atoms with Crippen LogP contribution in [0.3, 0.4) is 0 Å². The van der Waals surface area contributed by atoms with E-state index in [2.05, 4.69) is 5.32 Å². The number of hydrogen-bond donors (Lipinski definition) is 1. The first kappa shape index (κ1) is 24.7. The summed E-state index contributed by atoms with van der Waals surface area (Å²) in [6.45, 7) is 1.18. The van der Waals surface area contributed by atoms with E-state index in [0.29, 0.717) is 53.3 Å². The average Bonchev–Trinajstić information content (AvgIpc) is 2.75. The Hall–Kier alpha value is -0.960. The summed E-state index contributed by atoms with van der Waals surface area (Å²) in [4.78, 5) is 12.7. The maximum Gasteiger partial charge on any atom is 0.243 e. The first-order valence-electron chi connectivity index (χ1n) is 9.83. The van der Waals surface area contributed by atoms with Crippen LogP contribution in [-0.4, -0.2) is 44.0 Å². The van der Waals surface area contributed by atoms with E-state index in [-0.39, 0.29) is 16.7 Å². The number of benzene rings is 2. The van der Waals surface area contributed by atoms with Crippen molar-refractivity contribution in [2.45, 2.75) is 23.5 Å². The predicted molar refractivity (Wildman–Crippen MR) is 129 cm³/mol. The monoisotopic (exact) mass is 520 g/mol. The Morgan fingerprint density at radius 1 is 1.03 bits per heavy atom. The summed E-state index contributed by atoms with van der Waals surface area (Å²) < 4.78 is 26.9. The van der Waals surface area contributed by atoms with Crippen molar-refractivity contribution < 1.29 is 13.2 Å². The zero-order valence-corrected chi connectivity index (χ0v) is 20.6. The van der Waals surface area contributed by atoms with E-state index >= 15 is 0 Å². The van der Waals surface area contributed by atoms with Gasteiger partial charge in [0.2, 0.25) is 15.9 Å². The topological polar surface area (TPSA) is 66.5 Å². The molecule has 1 aliphatic heterocycles. The molecule has 0 radical (unpaired) electrons. The normalized spacial score (nSPS) is 15.7. The van der Waals surface area contributed by atoms with Crippen molar-refractivity contribution in [2.24, 2.45) is 5.92 Å². The number of thioether (sulfide) groups is 1. The van der Waals surface area contributed by atoms with Gasteiger partial charge in [0.1, 0.15) is 0 Å². The second kappa shape index (κ2) is 11.3. The molecule has 0 saturated carbocycles. The fourth-order valence-electron chi connectivity index (χ4n) is 3.35. The quantitative estimate of drug-likeness (QED) is 0.491. The molecule has 1 saturated heterocycles. The Morgan fingerprint density at radius 3 is 2.26 bits per heavy atom. The van der Waals surface area contributed by atoms with Gasteiger partial charge in [-0.2, -0.15) is 16.1 Å². The summed E-state index contributed by atoms with van der Waals surface area (Å²) in [6.07, 6.45) is 1.00. The zero-order valence-electron chi connectivity index (χ0n) is 16.7. The largest absolute Gasteiger partial charge is 0.355 e. The fourth-order valence-corrected chi connectivity index (χ4v) is 6.54. The number of hydrogen-bond acceptors (Lipinski definition) is 4. The Bertz CT molecular complexity index is 989. The van der Waals surface area contributed by atoms with Gasteiger partial charge in [-0.3, -0.25) is 4.79 Å². The minimum atomic E-state index is -3.57. The lowest BCUT2D eigenvalue weighted by molar-refractivity contribution is -0.125. The van der Waals surface area contributed by atoms with Crippen molar-refractivity contribution in [1.82, 2.24) is 9.62 Å². The van der Waals surface area contributed by atoms with Crippen LogP contribution < -0.4 is 5.32 Å². The van der Waals surface area contributed by atoms with E-state index in [1.807, 2.05) is 18.2 Å². The number of piperidine rings is 1. The van der Waals surface area contributed by atoms with Crippen LogP contribution in [0.5, 0.6) is 0 Å². The molecule has 1 aliphatic rings. The number of sulfonamides is 1. The number of amides is 1. The molecule has 0 atom stereocenters. The molecular weight excluding hydrogens is 499 g/mol. The van der Waals surface area contributed by atoms with Gasteiger partial charge in [-0.05, 0) is 54.8 Å². The van der Waals surface area contributed by atoms with Crippen LogP contribution >= 0.6 is 46.6 Å². The molecular formula is C21H23Cl3N2O3S2. The van der Waals surface area contributed by atoms with Crippen LogP contribution in [0.4, 0.5) is 0 Å². The van der Waals surface area contributed by atoms with E-state index < -0.39 is 10.0 Å². The molecule has 0 aromatic heterocycles. The number of carbonyl (C=O) groups excluding carboxylic acids is 1. The molecule has 1 N–H and O–H groups in total.